The van der Waals surface area contributed by atoms with Crippen molar-refractivity contribution in [3.8, 4) is 23.1 Å². The van der Waals surface area contributed by atoms with Crippen molar-refractivity contribution in [2.75, 3.05) is 43.1 Å². The summed E-state index contributed by atoms with van der Waals surface area (Å²) >= 11 is 0. The SMILES string of the molecule is Cc1cc(Oc2c(F)cccc2F)ncc1-n1ncc(C(=O)C2=Cc3cc(OC4CCN(C(C)C)CC4)c(N4CCC(S(C)(=O)=O)CC4)cc3C2)c1N. The normalized spacial score (nSPS) is 17.3. The highest BCUT2D eigenvalue weighted by Gasteiger charge is 2.32. The number of carbonyl (C=O) groups excluding carboxylic acids is 1. The summed E-state index contributed by atoms with van der Waals surface area (Å²) in [4.78, 5) is 22.8. The van der Waals surface area contributed by atoms with Crippen LogP contribution < -0.4 is 20.1 Å². The van der Waals surface area contributed by atoms with Crippen LogP contribution in [0.1, 0.15) is 66.6 Å². The van der Waals surface area contributed by atoms with Gasteiger partial charge in [-0.1, -0.05) is 6.07 Å². The Kier molecular flexibility index (Phi) is 10.0. The molecule has 2 fully saturated rings. The second-order valence-corrected chi connectivity index (χ2v) is 16.8. The van der Waals surface area contributed by atoms with E-state index in [1.807, 2.05) is 12.1 Å². The number of Topliss-reactive ketones (excluding diaryl/α,β-unsaturated/α-hetero) is 1. The minimum Gasteiger partial charge on any atom is -0.488 e. The largest absolute Gasteiger partial charge is 0.488 e. The van der Waals surface area contributed by atoms with Crippen molar-refractivity contribution >= 4 is 33.2 Å². The Hall–Kier alpha value is -4.82. The zero-order chi connectivity index (χ0) is 37.6. The summed E-state index contributed by atoms with van der Waals surface area (Å²) < 4.78 is 66.4. The number of allylic oxidation sites excluding steroid dienone is 1. The Morgan fingerprint density at radius 1 is 0.981 bits per heavy atom. The minimum absolute atomic E-state index is 0.0188. The molecule has 3 aliphatic rings. The van der Waals surface area contributed by atoms with Gasteiger partial charge in [0, 0.05) is 56.5 Å². The van der Waals surface area contributed by atoms with Gasteiger partial charge in [-0.15, -0.1) is 0 Å². The molecule has 7 rings (SSSR count). The molecule has 14 heteroatoms. The summed E-state index contributed by atoms with van der Waals surface area (Å²) in [5.41, 5.74) is 11.2. The average molecular weight is 747 g/mol. The van der Waals surface area contributed by atoms with Gasteiger partial charge < -0.3 is 25.0 Å². The number of aromatic nitrogens is 3. The van der Waals surface area contributed by atoms with Crippen LogP contribution in [0.15, 0.2) is 54.4 Å². The van der Waals surface area contributed by atoms with Crippen molar-refractivity contribution in [1.29, 1.82) is 0 Å². The van der Waals surface area contributed by atoms with Gasteiger partial charge in [0.05, 0.1) is 34.6 Å². The van der Waals surface area contributed by atoms with E-state index in [9.17, 15) is 22.0 Å². The summed E-state index contributed by atoms with van der Waals surface area (Å²) in [7, 11) is -3.13. The van der Waals surface area contributed by atoms with E-state index in [1.54, 1.807) is 6.92 Å². The molecule has 2 saturated heterocycles. The second kappa shape index (κ2) is 14.5. The Labute approximate surface area is 308 Å². The Morgan fingerprint density at radius 3 is 2.32 bits per heavy atom. The molecular formula is C39H44F2N6O5S. The van der Waals surface area contributed by atoms with Crippen LogP contribution in [0.4, 0.5) is 20.3 Å². The van der Waals surface area contributed by atoms with E-state index in [0.29, 0.717) is 55.2 Å². The first-order chi connectivity index (χ1) is 25.3. The van der Waals surface area contributed by atoms with Crippen molar-refractivity contribution in [1.82, 2.24) is 19.7 Å². The molecule has 0 unspecified atom stereocenters. The van der Waals surface area contributed by atoms with Gasteiger partial charge in [-0.3, -0.25) is 4.79 Å². The molecule has 2 aromatic heterocycles. The number of piperidine rings is 2. The number of sulfone groups is 1. The lowest BCUT2D eigenvalue weighted by molar-refractivity contribution is 0.0845. The first kappa shape index (κ1) is 36.5. The van der Waals surface area contributed by atoms with Crippen molar-refractivity contribution in [3.05, 3.63) is 88.3 Å². The molecule has 0 amide bonds. The standard InChI is InChI=1S/C39H44F2N6O5S/c1-23(2)45-12-8-28(9-13-45)51-35-20-26-18-27(17-25(26)19-33(35)46-14-10-29(11-15-46)53(4,49)50)37(48)30-21-44-47(39(30)42)34-22-43-36(16-24(34)3)52-38-31(40)6-5-7-32(38)41/h5-7,16,18-23,28-29H,8-15,17,42H2,1-4H3. The summed E-state index contributed by atoms with van der Waals surface area (Å²) in [6, 6.07) is 9.52. The molecule has 0 saturated carbocycles. The molecule has 280 valence electrons. The number of hydrogen-bond donors (Lipinski definition) is 1. The second-order valence-electron chi connectivity index (χ2n) is 14.5. The van der Waals surface area contributed by atoms with Crippen LogP contribution in [-0.2, 0) is 16.3 Å². The lowest BCUT2D eigenvalue weighted by Gasteiger charge is -2.37. The van der Waals surface area contributed by atoms with Crippen molar-refractivity contribution < 1.29 is 31.5 Å². The number of ketones is 1. The zero-order valence-electron chi connectivity index (χ0n) is 30.3. The molecule has 2 aliphatic heterocycles. The van der Waals surface area contributed by atoms with Crippen LogP contribution in [0.3, 0.4) is 0 Å². The fraction of sp³-hybridized carbons (Fsp3) is 0.410. The molecule has 53 heavy (non-hydrogen) atoms. The number of nitrogens with zero attached hydrogens (tertiary/aromatic N) is 5. The lowest BCUT2D eigenvalue weighted by atomic mass is 10.0. The van der Waals surface area contributed by atoms with E-state index in [4.69, 9.17) is 15.2 Å². The number of fused-ring (bicyclic) bond motifs is 1. The quantitative estimate of drug-likeness (QED) is 0.184. The van der Waals surface area contributed by atoms with E-state index >= 15 is 0 Å². The van der Waals surface area contributed by atoms with Gasteiger partial charge in [-0.2, -0.15) is 5.10 Å². The third-order valence-corrected chi connectivity index (χ3v) is 12.3. The van der Waals surface area contributed by atoms with Gasteiger partial charge in [0.15, 0.2) is 17.4 Å². The van der Waals surface area contributed by atoms with Crippen LogP contribution in [0.25, 0.3) is 11.8 Å². The smallest absolute Gasteiger partial charge is 0.219 e. The van der Waals surface area contributed by atoms with E-state index in [1.165, 1.54) is 35.5 Å². The Bertz CT molecular complexity index is 2170. The van der Waals surface area contributed by atoms with Gasteiger partial charge in [-0.25, -0.2) is 26.9 Å². The third kappa shape index (κ3) is 7.52. The molecular weight excluding hydrogens is 703 g/mol. The number of nitrogen functional groups attached to an aromatic ring is 1. The number of likely N-dealkylation sites (tertiary alicyclic amines) is 1. The number of para-hydroxylation sites is 1. The topological polar surface area (TPSA) is 133 Å². The van der Waals surface area contributed by atoms with Crippen LogP contribution in [0.5, 0.6) is 17.4 Å². The maximum Gasteiger partial charge on any atom is 0.219 e. The molecule has 0 bridgehead atoms. The van der Waals surface area contributed by atoms with E-state index in [-0.39, 0.29) is 34.4 Å². The molecule has 1 aliphatic carbocycles. The zero-order valence-corrected chi connectivity index (χ0v) is 31.1. The third-order valence-electron chi connectivity index (χ3n) is 10.6. The van der Waals surface area contributed by atoms with Gasteiger partial charge in [0.1, 0.15) is 27.5 Å². The van der Waals surface area contributed by atoms with Crippen LogP contribution in [0, 0.1) is 18.6 Å². The molecule has 2 N–H and O–H groups in total. The highest BCUT2D eigenvalue weighted by molar-refractivity contribution is 7.91. The average Bonchev–Trinajstić information content (AvgIpc) is 3.72. The number of aryl methyl sites for hydroxylation is 1. The number of ether oxygens (including phenoxy) is 2. The number of anilines is 2. The number of benzene rings is 2. The summed E-state index contributed by atoms with van der Waals surface area (Å²) in [5.74, 6) is -1.68. The van der Waals surface area contributed by atoms with Crippen LogP contribution in [0.2, 0.25) is 0 Å². The number of carbonyl (C=O) groups is 1. The molecule has 11 nitrogen and oxygen atoms in total. The van der Waals surface area contributed by atoms with Gasteiger partial charge in [0.25, 0.3) is 0 Å². The lowest BCUT2D eigenvalue weighted by Crippen LogP contribution is -2.42. The number of hydrogen-bond acceptors (Lipinski definition) is 10. The van der Waals surface area contributed by atoms with E-state index < -0.39 is 27.2 Å². The van der Waals surface area contributed by atoms with Crippen LogP contribution in [-0.4, -0.2) is 83.7 Å². The van der Waals surface area contributed by atoms with E-state index in [0.717, 1.165) is 60.6 Å². The molecule has 4 heterocycles. The van der Waals surface area contributed by atoms with Crippen molar-refractivity contribution in [2.45, 2.75) is 70.3 Å². The van der Waals surface area contributed by atoms with Crippen molar-refractivity contribution in [2.24, 2.45) is 0 Å². The highest BCUT2D eigenvalue weighted by Crippen LogP contribution is 2.40. The Balaban J connectivity index is 1.12. The van der Waals surface area contributed by atoms with Gasteiger partial charge in [0.2, 0.25) is 11.6 Å². The molecule has 4 aromatic rings. The molecule has 0 radical (unpaired) electrons. The summed E-state index contributed by atoms with van der Waals surface area (Å²) in [6.45, 7) is 9.25. The predicted molar refractivity (Wildman–Crippen MR) is 200 cm³/mol. The highest BCUT2D eigenvalue weighted by atomic mass is 32.2. The fourth-order valence-corrected chi connectivity index (χ4v) is 8.51. The number of rotatable bonds is 10. The molecule has 0 atom stereocenters. The van der Waals surface area contributed by atoms with Crippen molar-refractivity contribution in [3.63, 3.8) is 0 Å². The predicted octanol–water partition coefficient (Wildman–Crippen LogP) is 6.32. The fourth-order valence-electron chi connectivity index (χ4n) is 7.44. The summed E-state index contributed by atoms with van der Waals surface area (Å²) in [6.07, 6.45) is 9.36. The van der Waals surface area contributed by atoms with E-state index in [2.05, 4.69) is 39.8 Å². The maximum absolute atomic E-state index is 14.1. The monoisotopic (exact) mass is 746 g/mol. The first-order valence-electron chi connectivity index (χ1n) is 18.0. The molecule has 2 aromatic carbocycles. The number of pyridine rings is 1. The number of nitrogens with two attached hydrogens (primary N) is 1. The summed E-state index contributed by atoms with van der Waals surface area (Å²) in [5, 5.41) is 4.04. The van der Waals surface area contributed by atoms with Gasteiger partial charge in [-0.05, 0) is 93.5 Å². The van der Waals surface area contributed by atoms with Crippen LogP contribution >= 0.6 is 0 Å². The van der Waals surface area contributed by atoms with Gasteiger partial charge >= 0.3 is 0 Å². The molecule has 0 spiro atoms. The maximum atomic E-state index is 14.1. The Morgan fingerprint density at radius 2 is 1.68 bits per heavy atom. The first-order valence-corrected chi connectivity index (χ1v) is 19.9. The number of halogens is 2. The minimum atomic E-state index is -3.13.